The molecule has 0 bridgehead atoms. The summed E-state index contributed by atoms with van der Waals surface area (Å²) in [5.41, 5.74) is 3.54. The first-order chi connectivity index (χ1) is 11.4. The fraction of sp³-hybridized carbons (Fsp3) is 0.429. The second-order valence-electron chi connectivity index (χ2n) is 5.05. The van der Waals surface area contributed by atoms with Crippen LogP contribution in [0.2, 0.25) is 0 Å². The fourth-order valence-corrected chi connectivity index (χ4v) is 2.03. The van der Waals surface area contributed by atoms with Crippen LogP contribution in [-0.4, -0.2) is 43.0 Å². The van der Waals surface area contributed by atoms with Crippen LogP contribution in [-0.2, 0) is 9.59 Å². The molecule has 1 atom stereocenters. The summed E-state index contributed by atoms with van der Waals surface area (Å²) in [6, 6.07) is 2.70. The highest BCUT2D eigenvalue weighted by atomic mass is 16.6. The number of hydrogen-bond acceptors (Lipinski definition) is 6. The molecule has 6 N–H and O–H groups in total. The van der Waals surface area contributed by atoms with E-state index in [4.69, 9.17) is 4.74 Å². The van der Waals surface area contributed by atoms with Gasteiger partial charge in [-0.3, -0.25) is 14.9 Å². The first kappa shape index (κ1) is 19.3. The molecule has 10 heteroatoms. The van der Waals surface area contributed by atoms with Crippen molar-refractivity contribution in [3.8, 4) is 5.75 Å². The smallest absolute Gasteiger partial charge is 0.271 e. The Balaban J connectivity index is 2.79. The number of benzene rings is 1. The number of anilines is 1. The number of hydrogen-bond donors (Lipinski definition) is 3. The lowest BCUT2D eigenvalue weighted by Crippen LogP contribution is -2.93. The molecule has 0 saturated carbocycles. The van der Waals surface area contributed by atoms with Gasteiger partial charge in [0.1, 0.15) is 11.8 Å². The molecule has 0 aliphatic heterocycles. The van der Waals surface area contributed by atoms with Crippen molar-refractivity contribution in [3.63, 3.8) is 0 Å². The van der Waals surface area contributed by atoms with E-state index in [2.05, 4.69) is 11.1 Å². The summed E-state index contributed by atoms with van der Waals surface area (Å²) < 4.78 is 5.03. The van der Waals surface area contributed by atoms with Gasteiger partial charge in [-0.25, -0.2) is 0 Å². The maximum Gasteiger partial charge on any atom is 0.271 e. The number of rotatable bonds is 10. The third kappa shape index (κ3) is 5.82. The Hall–Kier alpha value is -2.72. The molecule has 0 radical (unpaired) electrons. The van der Waals surface area contributed by atoms with E-state index in [1.807, 2.05) is 0 Å². The summed E-state index contributed by atoms with van der Waals surface area (Å²) in [4.78, 5) is 33.3. The van der Waals surface area contributed by atoms with Crippen molar-refractivity contribution in [2.24, 2.45) is 0 Å². The third-order valence-corrected chi connectivity index (χ3v) is 3.28. The maximum absolute atomic E-state index is 12.0. The number of nitrogens with one attached hydrogen (secondary N) is 1. The number of nitro benzene ring substituents is 1. The van der Waals surface area contributed by atoms with E-state index in [1.54, 1.807) is 0 Å². The van der Waals surface area contributed by atoms with Crippen LogP contribution in [0, 0.1) is 10.1 Å². The summed E-state index contributed by atoms with van der Waals surface area (Å²) >= 11 is 0. The van der Waals surface area contributed by atoms with Crippen molar-refractivity contribution < 1.29 is 35.4 Å². The van der Waals surface area contributed by atoms with E-state index < -0.39 is 22.8 Å². The van der Waals surface area contributed by atoms with Crippen LogP contribution in [0.4, 0.5) is 11.4 Å². The molecule has 24 heavy (non-hydrogen) atoms. The number of nitrogens with zero attached hydrogens (tertiary/aromatic N) is 1. The van der Waals surface area contributed by atoms with Gasteiger partial charge >= 0.3 is 0 Å². The van der Waals surface area contributed by atoms with Gasteiger partial charge in [0.05, 0.1) is 43.2 Å². The molecule has 1 amide bonds. The number of carbonyl (C=O) groups is 2. The monoisotopic (exact) mass is 341 g/mol. The number of nitrogens with two attached hydrogens (primary N) is 1. The number of ether oxygens (including phenoxy) is 1. The molecule has 0 aliphatic rings. The zero-order valence-electron chi connectivity index (χ0n) is 13.3. The van der Waals surface area contributed by atoms with E-state index in [0.29, 0.717) is 19.5 Å². The Labute approximate surface area is 138 Å². The highest BCUT2D eigenvalue weighted by Gasteiger charge is 2.20. The number of carboxylic acids is 1. The van der Waals surface area contributed by atoms with Crippen molar-refractivity contribution in [1.82, 2.24) is 0 Å². The van der Waals surface area contributed by atoms with Gasteiger partial charge in [0.2, 0.25) is 5.91 Å². The van der Waals surface area contributed by atoms with Gasteiger partial charge in [0, 0.05) is 18.6 Å². The van der Waals surface area contributed by atoms with E-state index in [9.17, 15) is 24.8 Å². The van der Waals surface area contributed by atoms with Crippen LogP contribution in [0.1, 0.15) is 12.8 Å². The van der Waals surface area contributed by atoms with E-state index in [1.165, 1.54) is 24.6 Å². The number of amides is 1. The van der Waals surface area contributed by atoms with Gasteiger partial charge < -0.3 is 31.0 Å². The van der Waals surface area contributed by atoms with Gasteiger partial charge in [-0.15, -0.1) is 0 Å². The van der Waals surface area contributed by atoms with Crippen LogP contribution in [0.5, 0.6) is 5.75 Å². The standard InChI is InChI=1S/C14H20N4O6/c1-24-12-4-3-9(18(22)23)7-10(12)17-13(19)8-11(14(20)21)16-6-2-5-15/h3-4,7,11,16H,2,5-6,8,15H2,1H3,(H,17,19)(H,20,21)/p+1/t11-/m1/s1. The van der Waals surface area contributed by atoms with Gasteiger partial charge in [-0.2, -0.15) is 0 Å². The summed E-state index contributed by atoms with van der Waals surface area (Å²) in [6.07, 6.45) is 0.384. The maximum atomic E-state index is 12.0. The summed E-state index contributed by atoms with van der Waals surface area (Å²) in [7, 11) is 1.35. The van der Waals surface area contributed by atoms with Crippen LogP contribution < -0.4 is 26.2 Å². The number of nitro groups is 1. The number of non-ortho nitro benzene ring substituents is 1. The van der Waals surface area contributed by atoms with E-state index in [0.717, 1.165) is 6.07 Å². The number of carboxylic acid groups (broad SMARTS) is 1. The second-order valence-corrected chi connectivity index (χ2v) is 5.05. The third-order valence-electron chi connectivity index (χ3n) is 3.28. The molecule has 132 valence electrons. The number of quaternary nitrogens is 2. The molecule has 0 fully saturated rings. The summed E-state index contributed by atoms with van der Waals surface area (Å²) in [5, 5.41) is 25.8. The molecule has 1 rings (SSSR count). The van der Waals surface area contributed by atoms with E-state index >= 15 is 0 Å². The first-order valence-corrected chi connectivity index (χ1v) is 7.34. The quantitative estimate of drug-likeness (QED) is 0.237. The molecule has 0 saturated heterocycles. The second kappa shape index (κ2) is 9.43. The van der Waals surface area contributed by atoms with Gasteiger partial charge in [-0.1, -0.05) is 0 Å². The van der Waals surface area contributed by atoms with Crippen molar-refractivity contribution in [1.29, 1.82) is 0 Å². The SMILES string of the molecule is COc1ccc([N+](=O)[O-])cc1NC(=O)C[C@@H]([NH2+]CCC[NH3+])C(=O)[O-]. The molecule has 10 nitrogen and oxygen atoms in total. The molecule has 0 unspecified atom stereocenters. The van der Waals surface area contributed by atoms with Crippen LogP contribution >= 0.6 is 0 Å². The number of aliphatic carboxylic acids is 1. The molecule has 1 aromatic carbocycles. The first-order valence-electron chi connectivity index (χ1n) is 7.34. The predicted octanol–water partition coefficient (Wildman–Crippen LogP) is -2.75. The summed E-state index contributed by atoms with van der Waals surface area (Å²) in [6.45, 7) is 1.17. The highest BCUT2D eigenvalue weighted by molar-refractivity contribution is 5.95. The molecule has 0 heterocycles. The lowest BCUT2D eigenvalue weighted by molar-refractivity contribution is -0.684. The Kier molecular flexibility index (Phi) is 7.59. The predicted molar refractivity (Wildman–Crippen MR) is 80.9 cm³/mol. The Morgan fingerprint density at radius 3 is 2.71 bits per heavy atom. The van der Waals surface area contributed by atoms with Gasteiger partial charge in [0.25, 0.3) is 5.69 Å². The molecule has 0 aromatic heterocycles. The largest absolute Gasteiger partial charge is 0.544 e. The van der Waals surface area contributed by atoms with Gasteiger partial charge in [-0.05, 0) is 6.07 Å². The van der Waals surface area contributed by atoms with Crippen molar-refractivity contribution in [2.75, 3.05) is 25.5 Å². The molecular weight excluding hydrogens is 320 g/mol. The van der Waals surface area contributed by atoms with Crippen LogP contribution in [0.25, 0.3) is 0 Å². The van der Waals surface area contributed by atoms with Crippen LogP contribution in [0.3, 0.4) is 0 Å². The topological polar surface area (TPSA) is 166 Å². The van der Waals surface area contributed by atoms with Crippen LogP contribution in [0.15, 0.2) is 18.2 Å². The number of methoxy groups -OCH3 is 1. The highest BCUT2D eigenvalue weighted by Crippen LogP contribution is 2.28. The molecular formula is C14H21N4O6+. The molecule has 1 aromatic rings. The summed E-state index contributed by atoms with van der Waals surface area (Å²) in [5.74, 6) is -1.71. The minimum Gasteiger partial charge on any atom is -0.544 e. The molecule has 0 aliphatic carbocycles. The normalized spacial score (nSPS) is 11.6. The minimum absolute atomic E-state index is 0.103. The zero-order chi connectivity index (χ0) is 18.1. The average Bonchev–Trinajstić information content (AvgIpc) is 2.53. The minimum atomic E-state index is -1.35. The lowest BCUT2D eigenvalue weighted by atomic mass is 10.2. The Bertz CT molecular complexity index is 607. The van der Waals surface area contributed by atoms with Crippen molar-refractivity contribution in [2.45, 2.75) is 18.9 Å². The molecule has 0 spiro atoms. The average molecular weight is 341 g/mol. The van der Waals surface area contributed by atoms with Crippen molar-refractivity contribution in [3.05, 3.63) is 28.3 Å². The Morgan fingerprint density at radius 2 is 2.17 bits per heavy atom. The zero-order valence-corrected chi connectivity index (χ0v) is 13.3. The van der Waals surface area contributed by atoms with Crippen molar-refractivity contribution >= 4 is 23.3 Å². The Morgan fingerprint density at radius 1 is 1.46 bits per heavy atom. The van der Waals surface area contributed by atoms with E-state index in [-0.39, 0.29) is 23.5 Å². The van der Waals surface area contributed by atoms with Gasteiger partial charge in [0.15, 0.2) is 0 Å². The lowest BCUT2D eigenvalue weighted by Gasteiger charge is -2.16. The fourth-order valence-electron chi connectivity index (χ4n) is 2.03. The number of carbonyl (C=O) groups excluding carboxylic acids is 2.